The topological polar surface area (TPSA) is 87.2 Å². The Bertz CT molecular complexity index is 950. The molecular formula is C21H22N2O5. The van der Waals surface area contributed by atoms with Gasteiger partial charge in [0.2, 0.25) is 0 Å². The fourth-order valence-corrected chi connectivity index (χ4v) is 3.34. The lowest BCUT2D eigenvalue weighted by Gasteiger charge is -2.24. The second-order valence-corrected chi connectivity index (χ2v) is 6.27. The Balaban J connectivity index is 2.06. The molecule has 0 aromatic heterocycles. The van der Waals surface area contributed by atoms with Crippen LogP contribution in [-0.2, 0) is 0 Å². The Labute approximate surface area is 163 Å². The Hall–Kier alpha value is -3.35. The van der Waals surface area contributed by atoms with Gasteiger partial charge in [-0.3, -0.25) is 9.59 Å². The average Bonchev–Trinajstić information content (AvgIpc) is 2.93. The lowest BCUT2D eigenvalue weighted by molar-refractivity contribution is 0.0696. The molecule has 2 amide bonds. The van der Waals surface area contributed by atoms with Crippen molar-refractivity contribution in [3.05, 3.63) is 53.1 Å². The number of hydrogen-bond acceptors (Lipinski definition) is 5. The molecule has 2 aromatic carbocycles. The highest BCUT2D eigenvalue weighted by Gasteiger charge is 2.38. The van der Waals surface area contributed by atoms with Crippen molar-refractivity contribution in [1.29, 1.82) is 0 Å². The summed E-state index contributed by atoms with van der Waals surface area (Å²) in [6, 6.07) is 9.29. The van der Waals surface area contributed by atoms with Crippen molar-refractivity contribution in [2.24, 2.45) is 0 Å². The number of amides is 2. The van der Waals surface area contributed by atoms with E-state index >= 15 is 0 Å². The van der Waals surface area contributed by atoms with E-state index in [2.05, 4.69) is 4.90 Å². The molecule has 0 bridgehead atoms. The van der Waals surface area contributed by atoms with E-state index in [4.69, 9.17) is 9.84 Å². The van der Waals surface area contributed by atoms with Gasteiger partial charge in [0.15, 0.2) is 0 Å². The molecule has 0 spiro atoms. The molecule has 0 saturated carbocycles. The van der Waals surface area contributed by atoms with Crippen LogP contribution in [0.15, 0.2) is 36.4 Å². The summed E-state index contributed by atoms with van der Waals surface area (Å²) < 4.78 is 5.72. The first-order chi connectivity index (χ1) is 13.4. The molecule has 1 heterocycles. The lowest BCUT2D eigenvalue weighted by Crippen LogP contribution is -2.30. The zero-order chi connectivity index (χ0) is 20.4. The van der Waals surface area contributed by atoms with Crippen molar-refractivity contribution in [3.8, 4) is 5.75 Å². The summed E-state index contributed by atoms with van der Waals surface area (Å²) >= 11 is 0. The Morgan fingerprint density at radius 3 is 2.29 bits per heavy atom. The molecule has 2 aromatic rings. The highest BCUT2D eigenvalue weighted by Crippen LogP contribution is 2.37. The Morgan fingerprint density at radius 2 is 1.68 bits per heavy atom. The monoisotopic (exact) mass is 382 g/mol. The molecular weight excluding hydrogens is 360 g/mol. The van der Waals surface area contributed by atoms with Crippen molar-refractivity contribution >= 4 is 29.2 Å². The number of carbonyl (C=O) groups is 3. The first kappa shape index (κ1) is 19.4. The van der Waals surface area contributed by atoms with Crippen LogP contribution in [0.3, 0.4) is 0 Å². The van der Waals surface area contributed by atoms with Crippen LogP contribution in [0.5, 0.6) is 5.75 Å². The molecule has 1 N–H and O–H groups in total. The third-order valence-electron chi connectivity index (χ3n) is 4.75. The Morgan fingerprint density at radius 1 is 1.00 bits per heavy atom. The largest absolute Gasteiger partial charge is 0.492 e. The second-order valence-electron chi connectivity index (χ2n) is 6.27. The standard InChI is InChI=1S/C21H22N2O5/c1-4-22(5-2)14-8-10-17(18(12-14)28-6-3)23-19(24)15-9-7-13(21(26)27)11-16(15)20(23)25/h7-12H,4-6H2,1-3H3,(H,26,27). The van der Waals surface area contributed by atoms with E-state index in [1.807, 2.05) is 32.9 Å². The predicted molar refractivity (Wildman–Crippen MR) is 106 cm³/mol. The zero-order valence-corrected chi connectivity index (χ0v) is 16.1. The van der Waals surface area contributed by atoms with Crippen LogP contribution in [0.25, 0.3) is 0 Å². The van der Waals surface area contributed by atoms with E-state index in [0.717, 1.165) is 23.7 Å². The third-order valence-corrected chi connectivity index (χ3v) is 4.75. The van der Waals surface area contributed by atoms with Gasteiger partial charge in [0.25, 0.3) is 11.8 Å². The number of anilines is 2. The third kappa shape index (κ3) is 3.19. The maximum absolute atomic E-state index is 12.9. The minimum Gasteiger partial charge on any atom is -0.492 e. The minimum absolute atomic E-state index is 0.0383. The maximum atomic E-state index is 12.9. The van der Waals surface area contributed by atoms with Crippen LogP contribution in [0.4, 0.5) is 11.4 Å². The summed E-state index contributed by atoms with van der Waals surface area (Å²) in [5.41, 5.74) is 1.51. The highest BCUT2D eigenvalue weighted by molar-refractivity contribution is 6.35. The number of hydrogen-bond donors (Lipinski definition) is 1. The van der Waals surface area contributed by atoms with Gasteiger partial charge in [-0.2, -0.15) is 0 Å². The number of carboxylic acids is 1. The van der Waals surface area contributed by atoms with E-state index in [-0.39, 0.29) is 16.7 Å². The molecule has 0 atom stereocenters. The highest BCUT2D eigenvalue weighted by atomic mass is 16.5. The SMILES string of the molecule is CCOc1cc(N(CC)CC)ccc1N1C(=O)c2ccc(C(=O)O)cc2C1=O. The van der Waals surface area contributed by atoms with Crippen molar-refractivity contribution in [1.82, 2.24) is 0 Å². The van der Waals surface area contributed by atoms with Crippen LogP contribution in [0.2, 0.25) is 0 Å². The van der Waals surface area contributed by atoms with Gasteiger partial charge in [-0.05, 0) is 51.1 Å². The number of benzene rings is 2. The number of nitrogens with zero attached hydrogens (tertiary/aromatic N) is 2. The van der Waals surface area contributed by atoms with Crippen molar-refractivity contribution in [2.45, 2.75) is 20.8 Å². The van der Waals surface area contributed by atoms with Crippen molar-refractivity contribution in [2.75, 3.05) is 29.5 Å². The van der Waals surface area contributed by atoms with Crippen molar-refractivity contribution < 1.29 is 24.2 Å². The van der Waals surface area contributed by atoms with Gasteiger partial charge in [-0.25, -0.2) is 9.69 Å². The summed E-state index contributed by atoms with van der Waals surface area (Å²) in [6.45, 7) is 7.92. The Kier molecular flexibility index (Phi) is 5.35. The number of carboxylic acid groups (broad SMARTS) is 1. The van der Waals surface area contributed by atoms with E-state index in [1.54, 1.807) is 6.07 Å². The quantitative estimate of drug-likeness (QED) is 0.738. The van der Waals surface area contributed by atoms with Gasteiger partial charge >= 0.3 is 5.97 Å². The van der Waals surface area contributed by atoms with Crippen LogP contribution < -0.4 is 14.5 Å². The number of aromatic carboxylic acids is 1. The molecule has 0 unspecified atom stereocenters. The molecule has 0 radical (unpaired) electrons. The summed E-state index contributed by atoms with van der Waals surface area (Å²) in [7, 11) is 0. The first-order valence-electron chi connectivity index (χ1n) is 9.20. The summed E-state index contributed by atoms with van der Waals surface area (Å²) in [5.74, 6) is -1.77. The number of imide groups is 1. The predicted octanol–water partition coefficient (Wildman–Crippen LogP) is 3.43. The van der Waals surface area contributed by atoms with E-state index in [0.29, 0.717) is 18.0 Å². The van der Waals surface area contributed by atoms with Gasteiger partial charge in [-0.1, -0.05) is 0 Å². The van der Waals surface area contributed by atoms with E-state index in [1.165, 1.54) is 18.2 Å². The van der Waals surface area contributed by atoms with Gasteiger partial charge in [-0.15, -0.1) is 0 Å². The van der Waals surface area contributed by atoms with Gasteiger partial charge < -0.3 is 14.7 Å². The first-order valence-corrected chi connectivity index (χ1v) is 9.20. The molecule has 7 heteroatoms. The van der Waals surface area contributed by atoms with Crippen molar-refractivity contribution in [3.63, 3.8) is 0 Å². The second kappa shape index (κ2) is 7.72. The number of ether oxygens (including phenoxy) is 1. The number of carbonyl (C=O) groups excluding carboxylic acids is 2. The summed E-state index contributed by atoms with van der Waals surface area (Å²) in [4.78, 5) is 40.2. The lowest BCUT2D eigenvalue weighted by atomic mass is 10.1. The summed E-state index contributed by atoms with van der Waals surface area (Å²) in [5, 5.41) is 9.16. The zero-order valence-electron chi connectivity index (χ0n) is 16.1. The van der Waals surface area contributed by atoms with Crippen LogP contribution in [0.1, 0.15) is 51.8 Å². The maximum Gasteiger partial charge on any atom is 0.335 e. The van der Waals surface area contributed by atoms with Gasteiger partial charge in [0.1, 0.15) is 5.75 Å². The van der Waals surface area contributed by atoms with Gasteiger partial charge in [0, 0.05) is 24.8 Å². The molecule has 146 valence electrons. The fraction of sp³-hybridized carbons (Fsp3) is 0.286. The van der Waals surface area contributed by atoms with Crippen LogP contribution in [0, 0.1) is 0 Å². The number of fused-ring (bicyclic) bond motifs is 1. The smallest absolute Gasteiger partial charge is 0.335 e. The molecule has 1 aliphatic heterocycles. The molecule has 7 nitrogen and oxygen atoms in total. The normalized spacial score (nSPS) is 12.9. The van der Waals surface area contributed by atoms with E-state index < -0.39 is 17.8 Å². The molecule has 0 saturated heterocycles. The molecule has 3 rings (SSSR count). The summed E-state index contributed by atoms with van der Waals surface area (Å²) in [6.07, 6.45) is 0. The average molecular weight is 382 g/mol. The molecule has 0 fully saturated rings. The van der Waals surface area contributed by atoms with Gasteiger partial charge in [0.05, 0.1) is 29.0 Å². The van der Waals surface area contributed by atoms with Crippen LogP contribution >= 0.6 is 0 Å². The molecule has 28 heavy (non-hydrogen) atoms. The van der Waals surface area contributed by atoms with E-state index in [9.17, 15) is 14.4 Å². The molecule has 0 aliphatic carbocycles. The minimum atomic E-state index is -1.15. The fourth-order valence-electron chi connectivity index (χ4n) is 3.34. The molecule has 1 aliphatic rings. The van der Waals surface area contributed by atoms with Crippen LogP contribution in [-0.4, -0.2) is 42.6 Å². The number of rotatable bonds is 7.